The molecule has 1 aromatic heterocycles. The molecule has 0 saturated carbocycles. The molecular formula is C26H29NO3S. The predicted octanol–water partition coefficient (Wildman–Crippen LogP) is 6.76. The zero-order valence-electron chi connectivity index (χ0n) is 18.3. The second-order valence-corrected chi connectivity index (χ2v) is 9.78. The van der Waals surface area contributed by atoms with E-state index in [2.05, 4.69) is 50.4 Å². The van der Waals surface area contributed by atoms with Gasteiger partial charge in [0.25, 0.3) is 0 Å². The number of amides is 1. The van der Waals surface area contributed by atoms with E-state index >= 15 is 0 Å². The summed E-state index contributed by atoms with van der Waals surface area (Å²) in [4.78, 5) is 25.0. The molecular weight excluding hydrogens is 406 g/mol. The van der Waals surface area contributed by atoms with Gasteiger partial charge in [-0.2, -0.15) is 0 Å². The maximum absolute atomic E-state index is 12.4. The molecule has 3 rings (SSSR count). The number of carbonyl (C=O) groups is 2. The number of carbonyl (C=O) groups excluding carboxylic acids is 1. The van der Waals surface area contributed by atoms with Gasteiger partial charge in [-0.15, -0.1) is 11.3 Å². The predicted molar refractivity (Wildman–Crippen MR) is 128 cm³/mol. The number of unbranched alkanes of at least 4 members (excludes halogenated alkanes) is 1. The van der Waals surface area contributed by atoms with E-state index in [-0.39, 0.29) is 16.2 Å². The van der Waals surface area contributed by atoms with Gasteiger partial charge < -0.3 is 10.4 Å². The molecule has 0 fully saturated rings. The molecule has 5 heteroatoms. The van der Waals surface area contributed by atoms with Crippen molar-refractivity contribution in [2.75, 3.05) is 5.32 Å². The van der Waals surface area contributed by atoms with Crippen molar-refractivity contribution in [2.24, 2.45) is 0 Å². The van der Waals surface area contributed by atoms with Crippen LogP contribution in [-0.4, -0.2) is 17.0 Å². The lowest BCUT2D eigenvalue weighted by Crippen LogP contribution is -2.13. The van der Waals surface area contributed by atoms with E-state index in [1.165, 1.54) is 22.5 Å². The highest BCUT2D eigenvalue weighted by molar-refractivity contribution is 7.18. The molecule has 162 valence electrons. The van der Waals surface area contributed by atoms with Crippen molar-refractivity contribution in [1.82, 2.24) is 0 Å². The van der Waals surface area contributed by atoms with Crippen molar-refractivity contribution in [3.63, 3.8) is 0 Å². The molecule has 4 nitrogen and oxygen atoms in total. The third-order valence-corrected chi connectivity index (χ3v) is 6.37. The van der Waals surface area contributed by atoms with Crippen LogP contribution in [0.5, 0.6) is 0 Å². The van der Waals surface area contributed by atoms with Gasteiger partial charge in [-0.1, -0.05) is 75.4 Å². The van der Waals surface area contributed by atoms with Crippen LogP contribution in [0, 0.1) is 0 Å². The van der Waals surface area contributed by atoms with Crippen molar-refractivity contribution < 1.29 is 14.7 Å². The Kier molecular flexibility index (Phi) is 7.29. The molecule has 1 heterocycles. The molecule has 0 unspecified atom stereocenters. The Morgan fingerprint density at radius 3 is 2.26 bits per heavy atom. The van der Waals surface area contributed by atoms with Crippen LogP contribution in [0.3, 0.4) is 0 Å². The lowest BCUT2D eigenvalue weighted by atomic mass is 9.86. The first-order chi connectivity index (χ1) is 14.7. The van der Waals surface area contributed by atoms with Crippen molar-refractivity contribution >= 4 is 28.9 Å². The highest BCUT2D eigenvalue weighted by Gasteiger charge is 2.18. The van der Waals surface area contributed by atoms with Gasteiger partial charge in [0.05, 0.1) is 5.69 Å². The van der Waals surface area contributed by atoms with Crippen LogP contribution < -0.4 is 5.32 Å². The molecule has 0 spiro atoms. The fourth-order valence-corrected chi connectivity index (χ4v) is 4.34. The van der Waals surface area contributed by atoms with E-state index < -0.39 is 5.97 Å². The molecule has 2 aromatic carbocycles. The minimum atomic E-state index is -1.03. The average Bonchev–Trinajstić information content (AvgIpc) is 3.15. The number of rotatable bonds is 8. The largest absolute Gasteiger partial charge is 0.477 e. The van der Waals surface area contributed by atoms with Crippen LogP contribution in [0.15, 0.2) is 60.7 Å². The van der Waals surface area contributed by atoms with E-state index in [0.717, 1.165) is 29.7 Å². The molecule has 0 atom stereocenters. The summed E-state index contributed by atoms with van der Waals surface area (Å²) in [5, 5.41) is 12.3. The van der Waals surface area contributed by atoms with Crippen molar-refractivity contribution in [1.29, 1.82) is 0 Å². The third kappa shape index (κ3) is 6.28. The summed E-state index contributed by atoms with van der Waals surface area (Å²) in [7, 11) is 0. The molecule has 0 bridgehead atoms. The Labute approximate surface area is 188 Å². The van der Waals surface area contributed by atoms with Crippen molar-refractivity contribution in [3.05, 3.63) is 76.7 Å². The van der Waals surface area contributed by atoms with Gasteiger partial charge in [0.2, 0.25) is 5.91 Å². The lowest BCUT2D eigenvalue weighted by molar-refractivity contribution is -0.116. The number of hydrogen-bond donors (Lipinski definition) is 2. The summed E-state index contributed by atoms with van der Waals surface area (Å²) in [5.41, 5.74) is 4.04. The summed E-state index contributed by atoms with van der Waals surface area (Å²) in [6, 6.07) is 20.0. The van der Waals surface area contributed by atoms with Crippen LogP contribution in [-0.2, 0) is 16.6 Å². The molecule has 31 heavy (non-hydrogen) atoms. The quantitative estimate of drug-likeness (QED) is 0.384. The van der Waals surface area contributed by atoms with Gasteiger partial charge in [0.1, 0.15) is 4.88 Å². The maximum atomic E-state index is 12.4. The van der Waals surface area contributed by atoms with Crippen LogP contribution in [0.1, 0.15) is 60.8 Å². The zero-order chi connectivity index (χ0) is 22.4. The topological polar surface area (TPSA) is 66.4 Å². The summed E-state index contributed by atoms with van der Waals surface area (Å²) < 4.78 is 0. The van der Waals surface area contributed by atoms with Gasteiger partial charge in [0.15, 0.2) is 0 Å². The fraction of sp³-hybridized carbons (Fsp3) is 0.308. The number of aromatic carboxylic acids is 1. The number of thiophene rings is 1. The summed E-state index contributed by atoms with van der Waals surface area (Å²) in [5.74, 6) is -1.18. The number of carboxylic acids is 1. The second-order valence-electron chi connectivity index (χ2n) is 8.73. The number of hydrogen-bond acceptors (Lipinski definition) is 3. The molecule has 1 amide bonds. The van der Waals surface area contributed by atoms with E-state index in [4.69, 9.17) is 0 Å². The minimum Gasteiger partial charge on any atom is -0.477 e. The number of anilines is 1. The van der Waals surface area contributed by atoms with Gasteiger partial charge in [-0.25, -0.2) is 4.79 Å². The average molecular weight is 436 g/mol. The minimum absolute atomic E-state index is 0.146. The Morgan fingerprint density at radius 1 is 0.968 bits per heavy atom. The van der Waals surface area contributed by atoms with Gasteiger partial charge in [-0.3, -0.25) is 4.79 Å². The number of nitrogens with one attached hydrogen (secondary N) is 1. The molecule has 0 aliphatic rings. The second kappa shape index (κ2) is 9.92. The van der Waals surface area contributed by atoms with E-state index in [9.17, 15) is 14.7 Å². The number of benzene rings is 2. The van der Waals surface area contributed by atoms with Crippen LogP contribution in [0.2, 0.25) is 0 Å². The van der Waals surface area contributed by atoms with Crippen molar-refractivity contribution in [2.45, 2.75) is 51.9 Å². The first-order valence-corrected chi connectivity index (χ1v) is 11.4. The summed E-state index contributed by atoms with van der Waals surface area (Å²) in [6.07, 6.45) is 2.96. The van der Waals surface area contributed by atoms with E-state index in [1.54, 1.807) is 6.07 Å². The number of carboxylic acid groups (broad SMARTS) is 1. The Bertz CT molecular complexity index is 1030. The Balaban J connectivity index is 1.53. The lowest BCUT2D eigenvalue weighted by Gasteiger charge is -2.19. The zero-order valence-corrected chi connectivity index (χ0v) is 19.1. The van der Waals surface area contributed by atoms with Gasteiger partial charge in [0, 0.05) is 11.3 Å². The van der Waals surface area contributed by atoms with E-state index in [0.29, 0.717) is 12.1 Å². The Morgan fingerprint density at radius 2 is 1.65 bits per heavy atom. The summed E-state index contributed by atoms with van der Waals surface area (Å²) >= 11 is 1.18. The Hall–Kier alpha value is -2.92. The van der Waals surface area contributed by atoms with Crippen LogP contribution >= 0.6 is 11.3 Å². The van der Waals surface area contributed by atoms with Crippen LogP contribution in [0.4, 0.5) is 5.69 Å². The van der Waals surface area contributed by atoms with Gasteiger partial charge >= 0.3 is 5.97 Å². The molecule has 0 radical (unpaired) electrons. The highest BCUT2D eigenvalue weighted by Crippen LogP contribution is 2.35. The molecule has 3 aromatic rings. The third-order valence-electron chi connectivity index (χ3n) is 5.20. The van der Waals surface area contributed by atoms with Crippen molar-refractivity contribution in [3.8, 4) is 10.4 Å². The number of aryl methyl sites for hydroxylation is 1. The first-order valence-electron chi connectivity index (χ1n) is 10.6. The highest BCUT2D eigenvalue weighted by atomic mass is 32.1. The normalized spacial score (nSPS) is 11.3. The molecule has 2 N–H and O–H groups in total. The smallest absolute Gasteiger partial charge is 0.348 e. The first kappa shape index (κ1) is 22.8. The maximum Gasteiger partial charge on any atom is 0.348 e. The molecule has 0 aliphatic carbocycles. The fourth-order valence-electron chi connectivity index (χ4n) is 3.39. The molecule has 0 saturated heterocycles. The monoisotopic (exact) mass is 435 g/mol. The molecule has 0 aliphatic heterocycles. The SMILES string of the molecule is CC(C)(C)c1ccc(CCCCC(=O)Nc2cc(-c3ccccc3)sc2C(=O)O)cc1. The van der Waals surface area contributed by atoms with Crippen LogP contribution in [0.25, 0.3) is 10.4 Å². The summed E-state index contributed by atoms with van der Waals surface area (Å²) in [6.45, 7) is 6.60. The van der Waals surface area contributed by atoms with Gasteiger partial charge in [-0.05, 0) is 47.4 Å². The standard InChI is InChI=1S/C26H29NO3S/c1-26(2,3)20-15-13-18(14-16-20)9-7-8-12-23(28)27-21-17-22(31-24(21)25(29)30)19-10-5-4-6-11-19/h4-6,10-11,13-17H,7-9,12H2,1-3H3,(H,27,28)(H,29,30). The van der Waals surface area contributed by atoms with E-state index in [1.807, 2.05) is 30.3 Å².